The predicted octanol–water partition coefficient (Wildman–Crippen LogP) is 2.71. The molecule has 11 heteroatoms. The molecule has 0 radical (unpaired) electrons. The number of carbonyl (C=O) groups is 1. The molecule has 32 heavy (non-hydrogen) atoms. The molecule has 0 aromatic carbocycles. The molecular formula is C21H22N8O3. The van der Waals surface area contributed by atoms with Crippen LogP contribution in [-0.2, 0) is 7.05 Å². The third-order valence-corrected chi connectivity index (χ3v) is 5.50. The van der Waals surface area contributed by atoms with Gasteiger partial charge in [-0.3, -0.25) is 9.67 Å². The van der Waals surface area contributed by atoms with Crippen molar-refractivity contribution >= 4 is 23.2 Å². The maximum Gasteiger partial charge on any atom is 0.407 e. The van der Waals surface area contributed by atoms with Gasteiger partial charge in [-0.15, -0.1) is 0 Å². The van der Waals surface area contributed by atoms with E-state index in [1.54, 1.807) is 27.8 Å². The van der Waals surface area contributed by atoms with Crippen LogP contribution in [0.15, 0.2) is 43.0 Å². The summed E-state index contributed by atoms with van der Waals surface area (Å²) in [5.74, 6) is 1.88. The van der Waals surface area contributed by atoms with Crippen molar-refractivity contribution in [1.29, 1.82) is 0 Å². The van der Waals surface area contributed by atoms with Crippen molar-refractivity contribution in [3.63, 3.8) is 0 Å². The first kappa shape index (κ1) is 19.8. The number of likely N-dealkylation sites (tertiary alicyclic amines) is 1. The molecule has 5 rings (SSSR count). The fourth-order valence-electron chi connectivity index (χ4n) is 3.70. The van der Waals surface area contributed by atoms with Gasteiger partial charge in [0.25, 0.3) is 0 Å². The van der Waals surface area contributed by atoms with Crippen LogP contribution < -0.4 is 10.1 Å². The lowest BCUT2D eigenvalue weighted by molar-refractivity contribution is 0.0501. The van der Waals surface area contributed by atoms with E-state index in [0.717, 1.165) is 28.9 Å². The average Bonchev–Trinajstić information content (AvgIpc) is 3.30. The van der Waals surface area contributed by atoms with Crippen LogP contribution in [0, 0.1) is 6.92 Å². The topological polar surface area (TPSA) is 123 Å². The molecule has 0 saturated carbocycles. The van der Waals surface area contributed by atoms with Crippen molar-refractivity contribution in [2.45, 2.75) is 19.4 Å². The lowest BCUT2D eigenvalue weighted by Crippen LogP contribution is -2.53. The lowest BCUT2D eigenvalue weighted by atomic mass is 10.1. The van der Waals surface area contributed by atoms with E-state index in [1.807, 2.05) is 38.4 Å². The fraction of sp³-hybridized carbons (Fsp3) is 0.286. The number of fused-ring (bicyclic) bond motifs is 1. The van der Waals surface area contributed by atoms with Gasteiger partial charge < -0.3 is 20.1 Å². The molecule has 5 heterocycles. The van der Waals surface area contributed by atoms with E-state index in [2.05, 4.69) is 25.5 Å². The maximum absolute atomic E-state index is 11.2. The molecule has 0 aliphatic carbocycles. The molecule has 0 unspecified atom stereocenters. The Morgan fingerprint density at radius 3 is 2.84 bits per heavy atom. The van der Waals surface area contributed by atoms with E-state index < -0.39 is 6.09 Å². The highest BCUT2D eigenvalue weighted by Gasteiger charge is 2.32. The summed E-state index contributed by atoms with van der Waals surface area (Å²) >= 11 is 0. The number of amides is 1. The van der Waals surface area contributed by atoms with Gasteiger partial charge in [0.15, 0.2) is 11.6 Å². The number of rotatable bonds is 6. The van der Waals surface area contributed by atoms with E-state index in [-0.39, 0.29) is 6.04 Å². The smallest absolute Gasteiger partial charge is 0.407 e. The zero-order valence-corrected chi connectivity index (χ0v) is 17.6. The second-order valence-corrected chi connectivity index (χ2v) is 7.69. The van der Waals surface area contributed by atoms with Gasteiger partial charge in [-0.05, 0) is 25.5 Å². The van der Waals surface area contributed by atoms with E-state index in [4.69, 9.17) is 4.74 Å². The molecule has 164 valence electrons. The number of nitrogens with zero attached hydrogens (tertiary/aromatic N) is 7. The second-order valence-electron chi connectivity index (χ2n) is 7.69. The van der Waals surface area contributed by atoms with Gasteiger partial charge >= 0.3 is 6.09 Å². The molecule has 11 nitrogen and oxygen atoms in total. The SMILES string of the molecule is Cc1cnc(Nc2cc3cc(-c4c(OC[C@H]5CCN5C(=O)O)cnn4C)ccn3n2)cn1. The Kier molecular flexibility index (Phi) is 4.85. The summed E-state index contributed by atoms with van der Waals surface area (Å²) in [5, 5.41) is 21.2. The first-order valence-electron chi connectivity index (χ1n) is 10.2. The zero-order valence-electron chi connectivity index (χ0n) is 17.6. The van der Waals surface area contributed by atoms with Crippen LogP contribution in [0.3, 0.4) is 0 Å². The summed E-state index contributed by atoms with van der Waals surface area (Å²) in [5.41, 5.74) is 3.46. The summed E-state index contributed by atoms with van der Waals surface area (Å²) in [7, 11) is 1.85. The summed E-state index contributed by atoms with van der Waals surface area (Å²) in [6.07, 6.45) is 6.76. The minimum absolute atomic E-state index is 0.128. The molecule has 1 saturated heterocycles. The van der Waals surface area contributed by atoms with Crippen molar-refractivity contribution < 1.29 is 14.6 Å². The summed E-state index contributed by atoms with van der Waals surface area (Å²) < 4.78 is 9.48. The normalized spacial score (nSPS) is 15.6. The quantitative estimate of drug-likeness (QED) is 0.475. The van der Waals surface area contributed by atoms with Crippen molar-refractivity contribution in [3.05, 3.63) is 48.7 Å². The Hall–Kier alpha value is -4.15. The molecule has 1 amide bonds. The third kappa shape index (κ3) is 3.68. The Balaban J connectivity index is 1.37. The van der Waals surface area contributed by atoms with Crippen LogP contribution in [0.4, 0.5) is 16.4 Å². The predicted molar refractivity (Wildman–Crippen MR) is 116 cm³/mol. The third-order valence-electron chi connectivity index (χ3n) is 5.50. The number of anilines is 2. The van der Waals surface area contributed by atoms with E-state index in [9.17, 15) is 9.90 Å². The van der Waals surface area contributed by atoms with Gasteiger partial charge in [0.2, 0.25) is 0 Å². The van der Waals surface area contributed by atoms with Crippen molar-refractivity contribution in [2.75, 3.05) is 18.5 Å². The largest absolute Gasteiger partial charge is 0.487 e. The number of nitrogens with one attached hydrogen (secondary N) is 1. The average molecular weight is 434 g/mol. The van der Waals surface area contributed by atoms with Gasteiger partial charge in [-0.2, -0.15) is 10.2 Å². The maximum atomic E-state index is 11.2. The second kappa shape index (κ2) is 7.84. The van der Waals surface area contributed by atoms with Gasteiger partial charge in [0.1, 0.15) is 18.1 Å². The highest BCUT2D eigenvalue weighted by Crippen LogP contribution is 2.31. The van der Waals surface area contributed by atoms with Crippen LogP contribution in [0.5, 0.6) is 5.75 Å². The zero-order chi connectivity index (χ0) is 22.2. The van der Waals surface area contributed by atoms with Gasteiger partial charge in [0.05, 0.1) is 35.8 Å². The fourth-order valence-corrected chi connectivity index (χ4v) is 3.70. The van der Waals surface area contributed by atoms with Crippen LogP contribution in [0.2, 0.25) is 0 Å². The summed E-state index contributed by atoms with van der Waals surface area (Å²) in [6.45, 7) is 2.73. The highest BCUT2D eigenvalue weighted by atomic mass is 16.5. The Labute approximate surface area is 183 Å². The van der Waals surface area contributed by atoms with Crippen molar-refractivity contribution in [1.82, 2.24) is 34.3 Å². The minimum atomic E-state index is -0.913. The number of aryl methyl sites for hydroxylation is 2. The minimum Gasteiger partial charge on any atom is -0.487 e. The van der Waals surface area contributed by atoms with Gasteiger partial charge in [-0.25, -0.2) is 14.3 Å². The Bertz CT molecular complexity index is 1280. The van der Waals surface area contributed by atoms with Crippen molar-refractivity contribution in [3.8, 4) is 17.0 Å². The van der Waals surface area contributed by atoms with E-state index >= 15 is 0 Å². The Morgan fingerprint density at radius 2 is 2.12 bits per heavy atom. The molecule has 0 bridgehead atoms. The van der Waals surface area contributed by atoms with E-state index in [0.29, 0.717) is 30.5 Å². The number of ether oxygens (including phenoxy) is 1. The molecule has 0 spiro atoms. The molecule has 4 aromatic heterocycles. The lowest BCUT2D eigenvalue weighted by Gasteiger charge is -2.38. The Morgan fingerprint density at radius 1 is 1.25 bits per heavy atom. The standard InChI is InChI=1S/C21H22N8O3/c1-13-9-23-19(11-22-13)25-18-8-16-7-14(3-6-29(16)26-18)20-17(10-24-27(20)2)32-12-15-4-5-28(15)21(30)31/h3,6-11,15H,4-5,12H2,1-2H3,(H,30,31)(H,23,25,26)/t15-/m1/s1. The van der Waals surface area contributed by atoms with Crippen LogP contribution >= 0.6 is 0 Å². The van der Waals surface area contributed by atoms with Crippen LogP contribution in [0.1, 0.15) is 12.1 Å². The number of hydrogen-bond donors (Lipinski definition) is 2. The molecule has 1 fully saturated rings. The number of carboxylic acid groups (broad SMARTS) is 1. The van der Waals surface area contributed by atoms with Crippen LogP contribution in [-0.4, -0.2) is 64.7 Å². The first-order chi connectivity index (χ1) is 15.5. The van der Waals surface area contributed by atoms with E-state index in [1.165, 1.54) is 4.90 Å². The molecular weight excluding hydrogens is 412 g/mol. The molecule has 1 aliphatic heterocycles. The van der Waals surface area contributed by atoms with Crippen LogP contribution in [0.25, 0.3) is 16.8 Å². The molecule has 1 aliphatic rings. The number of hydrogen-bond acceptors (Lipinski definition) is 7. The highest BCUT2D eigenvalue weighted by molar-refractivity contribution is 5.72. The van der Waals surface area contributed by atoms with Gasteiger partial charge in [0, 0.05) is 31.4 Å². The summed E-state index contributed by atoms with van der Waals surface area (Å²) in [6, 6.07) is 5.72. The van der Waals surface area contributed by atoms with Gasteiger partial charge in [-0.1, -0.05) is 0 Å². The number of pyridine rings is 1. The molecule has 2 N–H and O–H groups in total. The molecule has 4 aromatic rings. The number of aromatic nitrogens is 6. The summed E-state index contributed by atoms with van der Waals surface area (Å²) in [4.78, 5) is 21.1. The monoisotopic (exact) mass is 434 g/mol. The first-order valence-corrected chi connectivity index (χ1v) is 10.2. The van der Waals surface area contributed by atoms with Crippen molar-refractivity contribution in [2.24, 2.45) is 7.05 Å². The molecule has 1 atom stereocenters.